The van der Waals surface area contributed by atoms with Crippen molar-refractivity contribution in [3.05, 3.63) is 121 Å². The molecule has 0 aromatic heterocycles. The van der Waals surface area contributed by atoms with Crippen LogP contribution in [0.4, 0.5) is 0 Å². The van der Waals surface area contributed by atoms with Gasteiger partial charge in [-0.15, -0.1) is 0 Å². The van der Waals surface area contributed by atoms with Crippen molar-refractivity contribution in [2.45, 2.75) is 9.79 Å². The molecule has 7 rings (SSSR count). The summed E-state index contributed by atoms with van der Waals surface area (Å²) in [5, 5.41) is 4.89. The second kappa shape index (κ2) is 7.39. The van der Waals surface area contributed by atoms with Gasteiger partial charge in [-0.05, 0) is 56.4 Å². The highest BCUT2D eigenvalue weighted by molar-refractivity contribution is 7.92. The van der Waals surface area contributed by atoms with E-state index in [1.165, 1.54) is 21.5 Å². The smallest absolute Gasteiger partial charge is 0.208 e. The summed E-state index contributed by atoms with van der Waals surface area (Å²) in [4.78, 5) is 0.795. The van der Waals surface area contributed by atoms with Crippen molar-refractivity contribution in [2.75, 3.05) is 0 Å². The van der Waals surface area contributed by atoms with E-state index in [2.05, 4.69) is 66.7 Å². The molecule has 6 aromatic carbocycles. The highest BCUT2D eigenvalue weighted by Gasteiger charge is 2.35. The van der Waals surface area contributed by atoms with Crippen LogP contribution in [0.15, 0.2) is 131 Å². The van der Waals surface area contributed by atoms with Crippen LogP contribution in [-0.2, 0) is 9.84 Å². The Labute approximate surface area is 204 Å². The van der Waals surface area contributed by atoms with Crippen LogP contribution in [0.5, 0.6) is 0 Å². The Morgan fingerprint density at radius 2 is 1.09 bits per heavy atom. The summed E-state index contributed by atoms with van der Waals surface area (Å²) in [6.45, 7) is 0. The molecule has 35 heavy (non-hydrogen) atoms. The molecule has 0 radical (unpaired) electrons. The zero-order chi connectivity index (χ0) is 23.6. The van der Waals surface area contributed by atoms with Crippen LogP contribution >= 0.6 is 0 Å². The van der Waals surface area contributed by atoms with Crippen molar-refractivity contribution in [2.24, 2.45) is 0 Å². The highest BCUT2D eigenvalue weighted by Crippen LogP contribution is 2.47. The maximum absolute atomic E-state index is 13.5. The number of hydrogen-bond acceptors (Lipinski definition) is 2. The van der Waals surface area contributed by atoms with Gasteiger partial charge in [-0.3, -0.25) is 0 Å². The van der Waals surface area contributed by atoms with Gasteiger partial charge in [0.05, 0.1) is 9.79 Å². The van der Waals surface area contributed by atoms with Gasteiger partial charge in [0.15, 0.2) is 0 Å². The maximum atomic E-state index is 13.5. The van der Waals surface area contributed by atoms with Gasteiger partial charge in [0, 0.05) is 16.7 Å². The van der Waals surface area contributed by atoms with E-state index in [1.807, 2.05) is 42.5 Å². The minimum atomic E-state index is -3.57. The fraction of sp³-hybridized carbons (Fsp3) is 0. The van der Waals surface area contributed by atoms with Crippen molar-refractivity contribution in [3.63, 3.8) is 0 Å². The summed E-state index contributed by atoms with van der Waals surface area (Å²) < 4.78 is 27.0. The van der Waals surface area contributed by atoms with Crippen molar-refractivity contribution in [1.29, 1.82) is 0 Å². The fourth-order valence-corrected chi connectivity index (χ4v) is 7.25. The lowest BCUT2D eigenvalue weighted by Gasteiger charge is -2.11. The third-order valence-electron chi connectivity index (χ3n) is 7.00. The van der Waals surface area contributed by atoms with Crippen molar-refractivity contribution in [1.82, 2.24) is 0 Å². The molecule has 6 aromatic rings. The summed E-state index contributed by atoms with van der Waals surface area (Å²) >= 11 is 0. The first-order valence-electron chi connectivity index (χ1n) is 11.6. The Morgan fingerprint density at radius 1 is 0.429 bits per heavy atom. The zero-order valence-electron chi connectivity index (χ0n) is 18.8. The molecule has 0 amide bonds. The molecule has 0 saturated heterocycles. The average Bonchev–Trinajstić information content (AvgIpc) is 3.15. The van der Waals surface area contributed by atoms with Crippen molar-refractivity contribution in [3.8, 4) is 33.4 Å². The van der Waals surface area contributed by atoms with Crippen LogP contribution in [0.25, 0.3) is 54.9 Å². The maximum Gasteiger partial charge on any atom is 0.208 e. The second-order valence-corrected chi connectivity index (χ2v) is 10.8. The lowest BCUT2D eigenvalue weighted by Crippen LogP contribution is -1.99. The number of sulfone groups is 1. The molecule has 0 unspecified atom stereocenters. The normalized spacial score (nSPS) is 13.6. The summed E-state index contributed by atoms with van der Waals surface area (Å²) in [7, 11) is -3.57. The first-order valence-corrected chi connectivity index (χ1v) is 13.1. The second-order valence-electron chi connectivity index (χ2n) is 8.99. The molecule has 3 heteroatoms. The molecule has 166 valence electrons. The summed E-state index contributed by atoms with van der Waals surface area (Å²) in [6.07, 6.45) is 0. The molecule has 0 bridgehead atoms. The van der Waals surface area contributed by atoms with Gasteiger partial charge in [0.1, 0.15) is 0 Å². The molecule has 1 heterocycles. The van der Waals surface area contributed by atoms with Gasteiger partial charge >= 0.3 is 0 Å². The van der Waals surface area contributed by atoms with E-state index in [4.69, 9.17) is 0 Å². The molecule has 0 N–H and O–H groups in total. The molecular formula is C32H20O2S. The number of fused-ring (bicyclic) bond motifs is 6. The monoisotopic (exact) mass is 468 g/mol. The predicted octanol–water partition coefficient (Wildman–Crippen LogP) is 8.14. The SMILES string of the molecule is O=S1(=O)c2ccccc2-c2cccc(-c3cccc(-c4ccc5c(ccc6ccccc65)c4)c3)c21. The van der Waals surface area contributed by atoms with Gasteiger partial charge in [-0.1, -0.05) is 103 Å². The molecule has 1 aliphatic rings. The third-order valence-corrected chi connectivity index (χ3v) is 8.91. The van der Waals surface area contributed by atoms with Crippen LogP contribution in [-0.4, -0.2) is 8.42 Å². The van der Waals surface area contributed by atoms with Crippen LogP contribution < -0.4 is 0 Å². The van der Waals surface area contributed by atoms with Gasteiger partial charge in [-0.25, -0.2) is 8.42 Å². The third kappa shape index (κ3) is 2.99. The van der Waals surface area contributed by atoms with Gasteiger partial charge < -0.3 is 0 Å². The molecule has 0 saturated carbocycles. The largest absolute Gasteiger partial charge is 0.218 e. The lowest BCUT2D eigenvalue weighted by molar-refractivity contribution is 0.599. The van der Waals surface area contributed by atoms with Gasteiger partial charge in [0.2, 0.25) is 9.84 Å². The zero-order valence-corrected chi connectivity index (χ0v) is 19.6. The molecule has 0 atom stereocenters. The average molecular weight is 469 g/mol. The predicted molar refractivity (Wildman–Crippen MR) is 143 cm³/mol. The first-order chi connectivity index (χ1) is 17.1. The first kappa shape index (κ1) is 20.2. The molecular weight excluding hydrogens is 448 g/mol. The van der Waals surface area contributed by atoms with E-state index >= 15 is 0 Å². The molecule has 2 nitrogen and oxygen atoms in total. The minimum Gasteiger partial charge on any atom is -0.218 e. The quantitative estimate of drug-likeness (QED) is 0.240. The summed E-state index contributed by atoms with van der Waals surface area (Å²) in [6, 6.07) is 40.5. The molecule has 1 aliphatic heterocycles. The molecule has 0 fully saturated rings. The Kier molecular flexibility index (Phi) is 4.26. The van der Waals surface area contributed by atoms with E-state index < -0.39 is 9.84 Å². The molecule has 0 spiro atoms. The van der Waals surface area contributed by atoms with Crippen LogP contribution in [0.1, 0.15) is 0 Å². The highest BCUT2D eigenvalue weighted by atomic mass is 32.2. The summed E-state index contributed by atoms with van der Waals surface area (Å²) in [5.41, 5.74) is 5.36. The Morgan fingerprint density at radius 3 is 2.03 bits per heavy atom. The number of hydrogen-bond donors (Lipinski definition) is 0. The topological polar surface area (TPSA) is 34.1 Å². The van der Waals surface area contributed by atoms with Gasteiger partial charge in [0.25, 0.3) is 0 Å². The number of benzene rings is 6. The Bertz CT molecular complexity index is 1920. The van der Waals surface area contributed by atoms with Crippen molar-refractivity contribution < 1.29 is 8.42 Å². The van der Waals surface area contributed by atoms with E-state index in [0.29, 0.717) is 9.79 Å². The number of rotatable bonds is 2. The van der Waals surface area contributed by atoms with Crippen LogP contribution in [0.3, 0.4) is 0 Å². The van der Waals surface area contributed by atoms with E-state index in [-0.39, 0.29) is 0 Å². The van der Waals surface area contributed by atoms with E-state index in [9.17, 15) is 8.42 Å². The standard InChI is InChI=1S/C32H20O2S/c33-35(34)31-14-4-3-11-29(31)30-13-6-12-28(32(30)35)24-9-5-8-22(19-24)23-17-18-27-25(20-23)16-15-21-7-1-2-10-26(21)27/h1-20H. The van der Waals surface area contributed by atoms with E-state index in [0.717, 1.165) is 33.4 Å². The Hall–Kier alpha value is -4.21. The van der Waals surface area contributed by atoms with Crippen molar-refractivity contribution >= 4 is 31.4 Å². The fourth-order valence-electron chi connectivity index (χ4n) is 5.36. The molecule has 0 aliphatic carbocycles. The van der Waals surface area contributed by atoms with E-state index in [1.54, 1.807) is 12.1 Å². The van der Waals surface area contributed by atoms with Crippen LogP contribution in [0.2, 0.25) is 0 Å². The lowest BCUT2D eigenvalue weighted by atomic mass is 9.94. The van der Waals surface area contributed by atoms with Crippen LogP contribution in [0, 0.1) is 0 Å². The Balaban J connectivity index is 1.38. The minimum absolute atomic E-state index is 0.389. The summed E-state index contributed by atoms with van der Waals surface area (Å²) in [5.74, 6) is 0. The van der Waals surface area contributed by atoms with Gasteiger partial charge in [-0.2, -0.15) is 0 Å².